The molecule has 19 heavy (non-hydrogen) atoms. The Bertz CT molecular complexity index is 517. The van der Waals surface area contributed by atoms with Crippen LogP contribution in [0.2, 0.25) is 5.15 Å². The van der Waals surface area contributed by atoms with Gasteiger partial charge in [-0.2, -0.15) is 0 Å². The monoisotopic (exact) mass is 281 g/mol. The molecule has 0 aliphatic rings. The molecule has 2 heterocycles. The van der Waals surface area contributed by atoms with Crippen LogP contribution in [0.1, 0.15) is 31.5 Å². The van der Waals surface area contributed by atoms with Crippen molar-refractivity contribution in [2.45, 2.75) is 26.5 Å². The van der Waals surface area contributed by atoms with Crippen LogP contribution in [-0.4, -0.2) is 16.6 Å². The minimum Gasteiger partial charge on any atom is -0.467 e. The third-order valence-corrected chi connectivity index (χ3v) is 2.70. The Labute approximate surface area is 117 Å². The molecule has 0 saturated heterocycles. The molecule has 0 amide bonds. The van der Waals surface area contributed by atoms with Crippen LogP contribution in [0.25, 0.3) is 0 Å². The standard InChI is InChI=1S/C13H16ClN3O2/c1-3-18-8-13-16-11(14)7-12(17-13)15-9(2)10-5-4-6-19-10/h4-7,9H,3,8H2,1-2H3,(H,15,16,17). The Hall–Kier alpha value is -1.59. The van der Waals surface area contributed by atoms with E-state index in [9.17, 15) is 0 Å². The van der Waals surface area contributed by atoms with Gasteiger partial charge in [-0.05, 0) is 26.0 Å². The second-order valence-corrected chi connectivity index (χ2v) is 4.40. The van der Waals surface area contributed by atoms with Crippen molar-refractivity contribution in [2.24, 2.45) is 0 Å². The highest BCUT2D eigenvalue weighted by molar-refractivity contribution is 6.29. The van der Waals surface area contributed by atoms with E-state index in [0.29, 0.717) is 30.0 Å². The van der Waals surface area contributed by atoms with Crippen molar-refractivity contribution in [3.05, 3.63) is 41.2 Å². The zero-order chi connectivity index (χ0) is 13.7. The second kappa shape index (κ2) is 6.54. The summed E-state index contributed by atoms with van der Waals surface area (Å²) < 4.78 is 10.6. The molecule has 0 aromatic carbocycles. The molecule has 0 aliphatic heterocycles. The number of nitrogens with one attached hydrogen (secondary N) is 1. The van der Waals surface area contributed by atoms with Crippen LogP contribution in [0.3, 0.4) is 0 Å². The number of aromatic nitrogens is 2. The smallest absolute Gasteiger partial charge is 0.158 e. The van der Waals surface area contributed by atoms with Gasteiger partial charge < -0.3 is 14.5 Å². The quantitative estimate of drug-likeness (QED) is 0.822. The third kappa shape index (κ3) is 3.94. The fourth-order valence-electron chi connectivity index (χ4n) is 1.63. The fourth-order valence-corrected chi connectivity index (χ4v) is 1.83. The Morgan fingerprint density at radius 3 is 3.00 bits per heavy atom. The van der Waals surface area contributed by atoms with E-state index < -0.39 is 0 Å². The lowest BCUT2D eigenvalue weighted by Gasteiger charge is -2.13. The summed E-state index contributed by atoms with van der Waals surface area (Å²) in [6.45, 7) is 4.86. The number of hydrogen-bond acceptors (Lipinski definition) is 5. The van der Waals surface area contributed by atoms with Gasteiger partial charge in [0.1, 0.15) is 23.3 Å². The molecule has 0 aliphatic carbocycles. The van der Waals surface area contributed by atoms with Gasteiger partial charge in [0.05, 0.1) is 12.3 Å². The first-order valence-electron chi connectivity index (χ1n) is 6.10. The van der Waals surface area contributed by atoms with Crippen LogP contribution in [-0.2, 0) is 11.3 Å². The predicted octanol–water partition coefficient (Wildman–Crippen LogP) is 3.43. The first-order valence-corrected chi connectivity index (χ1v) is 6.48. The molecule has 2 rings (SSSR count). The van der Waals surface area contributed by atoms with Gasteiger partial charge in [0, 0.05) is 12.7 Å². The molecule has 0 saturated carbocycles. The lowest BCUT2D eigenvalue weighted by atomic mass is 10.2. The second-order valence-electron chi connectivity index (χ2n) is 4.01. The fraction of sp³-hybridized carbons (Fsp3) is 0.385. The molecule has 102 valence electrons. The molecule has 0 fully saturated rings. The highest BCUT2D eigenvalue weighted by atomic mass is 35.5. The van der Waals surface area contributed by atoms with E-state index in [1.54, 1.807) is 12.3 Å². The summed E-state index contributed by atoms with van der Waals surface area (Å²) in [5.41, 5.74) is 0. The van der Waals surface area contributed by atoms with Crippen LogP contribution in [0.4, 0.5) is 5.82 Å². The Balaban J connectivity index is 2.09. The van der Waals surface area contributed by atoms with Gasteiger partial charge in [0.25, 0.3) is 0 Å². The van der Waals surface area contributed by atoms with Gasteiger partial charge in [-0.1, -0.05) is 11.6 Å². The minimum atomic E-state index is 0.000843. The van der Waals surface area contributed by atoms with Crippen LogP contribution >= 0.6 is 11.6 Å². The van der Waals surface area contributed by atoms with Crippen molar-refractivity contribution < 1.29 is 9.15 Å². The number of halogens is 1. The van der Waals surface area contributed by atoms with Gasteiger partial charge >= 0.3 is 0 Å². The first-order chi connectivity index (χ1) is 9.19. The number of hydrogen-bond donors (Lipinski definition) is 1. The number of nitrogens with zero attached hydrogens (tertiary/aromatic N) is 2. The Morgan fingerprint density at radius 1 is 1.47 bits per heavy atom. The largest absolute Gasteiger partial charge is 0.467 e. The van der Waals surface area contributed by atoms with Crippen molar-refractivity contribution in [1.29, 1.82) is 0 Å². The summed E-state index contributed by atoms with van der Waals surface area (Å²) >= 11 is 5.97. The highest BCUT2D eigenvalue weighted by Gasteiger charge is 2.10. The van der Waals surface area contributed by atoms with E-state index in [-0.39, 0.29) is 6.04 Å². The van der Waals surface area contributed by atoms with E-state index >= 15 is 0 Å². The first kappa shape index (κ1) is 13.8. The van der Waals surface area contributed by atoms with Crippen molar-refractivity contribution >= 4 is 17.4 Å². The lowest BCUT2D eigenvalue weighted by molar-refractivity contribution is 0.128. The van der Waals surface area contributed by atoms with Crippen molar-refractivity contribution in [3.63, 3.8) is 0 Å². The SMILES string of the molecule is CCOCc1nc(Cl)cc(NC(C)c2ccco2)n1. The summed E-state index contributed by atoms with van der Waals surface area (Å²) in [4.78, 5) is 8.45. The Morgan fingerprint density at radius 2 is 2.32 bits per heavy atom. The number of rotatable bonds is 6. The van der Waals surface area contributed by atoms with Crippen molar-refractivity contribution in [1.82, 2.24) is 9.97 Å². The zero-order valence-corrected chi connectivity index (χ0v) is 11.6. The molecule has 0 bridgehead atoms. The topological polar surface area (TPSA) is 60.2 Å². The average Bonchev–Trinajstić information content (AvgIpc) is 2.89. The minimum absolute atomic E-state index is 0.000843. The summed E-state index contributed by atoms with van der Waals surface area (Å²) in [6.07, 6.45) is 1.64. The Kier molecular flexibility index (Phi) is 4.76. The molecular formula is C13H16ClN3O2. The molecule has 5 nitrogen and oxygen atoms in total. The summed E-state index contributed by atoms with van der Waals surface area (Å²) in [5.74, 6) is 2.04. The average molecular weight is 282 g/mol. The molecule has 2 aromatic rings. The van der Waals surface area contributed by atoms with Crippen molar-refractivity contribution in [2.75, 3.05) is 11.9 Å². The number of furan rings is 1. The molecule has 1 unspecified atom stereocenters. The number of anilines is 1. The van der Waals surface area contributed by atoms with Crippen LogP contribution in [0.15, 0.2) is 28.9 Å². The number of ether oxygens (including phenoxy) is 1. The normalized spacial score (nSPS) is 12.4. The van der Waals surface area contributed by atoms with E-state index in [4.69, 9.17) is 20.8 Å². The van der Waals surface area contributed by atoms with Gasteiger partial charge in [-0.3, -0.25) is 0 Å². The maximum Gasteiger partial charge on any atom is 0.158 e. The van der Waals surface area contributed by atoms with Crippen LogP contribution in [0, 0.1) is 0 Å². The van der Waals surface area contributed by atoms with Crippen LogP contribution < -0.4 is 5.32 Å². The van der Waals surface area contributed by atoms with E-state index in [1.165, 1.54) is 0 Å². The molecule has 6 heteroatoms. The molecule has 1 atom stereocenters. The summed E-state index contributed by atoms with van der Waals surface area (Å²) in [7, 11) is 0. The maximum absolute atomic E-state index is 5.97. The van der Waals surface area contributed by atoms with Gasteiger partial charge in [-0.25, -0.2) is 9.97 Å². The van der Waals surface area contributed by atoms with E-state index in [1.807, 2.05) is 26.0 Å². The highest BCUT2D eigenvalue weighted by Crippen LogP contribution is 2.20. The molecule has 2 aromatic heterocycles. The van der Waals surface area contributed by atoms with Gasteiger partial charge in [0.2, 0.25) is 0 Å². The zero-order valence-electron chi connectivity index (χ0n) is 10.9. The van der Waals surface area contributed by atoms with E-state index in [2.05, 4.69) is 15.3 Å². The van der Waals surface area contributed by atoms with Crippen molar-refractivity contribution in [3.8, 4) is 0 Å². The third-order valence-electron chi connectivity index (χ3n) is 2.51. The molecule has 1 N–H and O–H groups in total. The lowest BCUT2D eigenvalue weighted by Crippen LogP contribution is -2.09. The molecular weight excluding hydrogens is 266 g/mol. The molecule has 0 spiro atoms. The predicted molar refractivity (Wildman–Crippen MR) is 73.1 cm³/mol. The van der Waals surface area contributed by atoms with Crippen LogP contribution in [0.5, 0.6) is 0 Å². The van der Waals surface area contributed by atoms with Gasteiger partial charge in [0.15, 0.2) is 5.82 Å². The molecule has 0 radical (unpaired) electrons. The maximum atomic E-state index is 5.97. The van der Waals surface area contributed by atoms with Gasteiger partial charge in [-0.15, -0.1) is 0 Å². The summed E-state index contributed by atoms with van der Waals surface area (Å²) in [5, 5.41) is 3.60. The summed E-state index contributed by atoms with van der Waals surface area (Å²) in [6, 6.07) is 5.43. The van der Waals surface area contributed by atoms with E-state index in [0.717, 1.165) is 5.76 Å².